The molecule has 1 amide bonds. The van der Waals surface area contributed by atoms with Gasteiger partial charge in [0.05, 0.1) is 0 Å². The summed E-state index contributed by atoms with van der Waals surface area (Å²) in [5.74, 6) is 0.485. The third-order valence-electron chi connectivity index (χ3n) is 2.63. The molecule has 0 aliphatic rings. The number of amides is 1. The van der Waals surface area contributed by atoms with Crippen molar-refractivity contribution >= 4 is 22.4 Å². The van der Waals surface area contributed by atoms with Crippen LogP contribution >= 0.6 is 11.3 Å². The molecular weight excluding hydrogens is 274 g/mol. The van der Waals surface area contributed by atoms with Gasteiger partial charge in [-0.3, -0.25) is 10.1 Å². The summed E-state index contributed by atoms with van der Waals surface area (Å²) in [4.78, 5) is 11.8. The maximum Gasteiger partial charge on any atom is 0.264 e. The smallest absolute Gasteiger partial charge is 0.264 e. The number of rotatable bonds is 6. The lowest BCUT2D eigenvalue weighted by molar-refractivity contribution is -0.118. The number of carbonyl (C=O) groups is 1. The van der Waals surface area contributed by atoms with E-state index in [2.05, 4.69) is 22.4 Å². The molecule has 2 rings (SSSR count). The number of nitrogens with one attached hydrogen (secondary N) is 1. The normalized spacial score (nSPS) is 10.3. The Balaban J connectivity index is 1.84. The lowest BCUT2D eigenvalue weighted by atomic mass is 10.2. The Bertz CT molecular complexity index is 583. The van der Waals surface area contributed by atoms with E-state index in [9.17, 15) is 4.79 Å². The van der Waals surface area contributed by atoms with E-state index >= 15 is 0 Å². The Hall–Kier alpha value is -1.95. The molecule has 0 fully saturated rings. The first-order valence-corrected chi connectivity index (χ1v) is 7.31. The molecule has 0 aliphatic heterocycles. The van der Waals surface area contributed by atoms with Crippen molar-refractivity contribution in [1.29, 1.82) is 0 Å². The highest BCUT2D eigenvalue weighted by molar-refractivity contribution is 7.15. The van der Waals surface area contributed by atoms with Crippen LogP contribution < -0.4 is 10.1 Å². The van der Waals surface area contributed by atoms with Crippen molar-refractivity contribution in [3.05, 3.63) is 34.8 Å². The van der Waals surface area contributed by atoms with Crippen LogP contribution in [-0.4, -0.2) is 22.7 Å². The molecule has 0 radical (unpaired) electrons. The van der Waals surface area contributed by atoms with Crippen LogP contribution in [0.15, 0.2) is 24.3 Å². The number of nitrogens with zero attached hydrogens (tertiary/aromatic N) is 2. The molecule has 0 saturated carbocycles. The van der Waals surface area contributed by atoms with E-state index in [1.54, 1.807) is 0 Å². The van der Waals surface area contributed by atoms with E-state index in [1.807, 2.05) is 31.2 Å². The Morgan fingerprint density at radius 2 is 2.15 bits per heavy atom. The maximum atomic E-state index is 11.8. The molecule has 1 aromatic carbocycles. The van der Waals surface area contributed by atoms with E-state index in [0.717, 1.165) is 23.4 Å². The summed E-state index contributed by atoms with van der Waals surface area (Å²) in [7, 11) is 0. The van der Waals surface area contributed by atoms with E-state index in [-0.39, 0.29) is 12.5 Å². The van der Waals surface area contributed by atoms with Gasteiger partial charge < -0.3 is 4.74 Å². The molecular formula is C14H17N3O2S. The average molecular weight is 291 g/mol. The molecule has 1 aromatic heterocycles. The summed E-state index contributed by atoms with van der Waals surface area (Å²) in [5, 5.41) is 12.1. The predicted octanol–water partition coefficient (Wildman–Crippen LogP) is 2.82. The van der Waals surface area contributed by atoms with Crippen molar-refractivity contribution < 1.29 is 9.53 Å². The van der Waals surface area contributed by atoms with Crippen molar-refractivity contribution in [2.24, 2.45) is 0 Å². The molecule has 5 nitrogen and oxygen atoms in total. The summed E-state index contributed by atoms with van der Waals surface area (Å²) < 4.78 is 5.47. The highest BCUT2D eigenvalue weighted by Crippen LogP contribution is 2.18. The average Bonchev–Trinajstić information content (AvgIpc) is 2.85. The van der Waals surface area contributed by atoms with Crippen molar-refractivity contribution in [2.45, 2.75) is 26.7 Å². The van der Waals surface area contributed by atoms with Gasteiger partial charge in [-0.25, -0.2) is 0 Å². The molecule has 1 heterocycles. The van der Waals surface area contributed by atoms with Gasteiger partial charge in [0.15, 0.2) is 6.61 Å². The fraction of sp³-hybridized carbons (Fsp3) is 0.357. The van der Waals surface area contributed by atoms with Crippen molar-refractivity contribution in [3.63, 3.8) is 0 Å². The van der Waals surface area contributed by atoms with Crippen LogP contribution in [0.3, 0.4) is 0 Å². The second-order valence-corrected chi connectivity index (χ2v) is 5.42. The second kappa shape index (κ2) is 7.00. The summed E-state index contributed by atoms with van der Waals surface area (Å²) in [6, 6.07) is 7.59. The molecule has 0 aliphatic carbocycles. The van der Waals surface area contributed by atoms with Crippen LogP contribution in [0.1, 0.15) is 23.9 Å². The van der Waals surface area contributed by atoms with Crippen LogP contribution in [0.4, 0.5) is 5.13 Å². The zero-order valence-corrected chi connectivity index (χ0v) is 12.4. The standard InChI is InChI=1S/C14H17N3O2S/c1-3-6-13-16-17-14(20-13)15-12(18)9-19-11-8-5-4-7-10(11)2/h4-5,7-8H,3,6,9H2,1-2H3,(H,15,17,18). The van der Waals surface area contributed by atoms with Crippen LogP contribution in [-0.2, 0) is 11.2 Å². The van der Waals surface area contributed by atoms with Crippen LogP contribution in [0.5, 0.6) is 5.75 Å². The molecule has 6 heteroatoms. The first-order valence-electron chi connectivity index (χ1n) is 6.49. The lowest BCUT2D eigenvalue weighted by Crippen LogP contribution is -2.20. The Morgan fingerprint density at radius 1 is 1.35 bits per heavy atom. The largest absolute Gasteiger partial charge is 0.483 e. The number of anilines is 1. The Labute approximate surface area is 122 Å². The third kappa shape index (κ3) is 4.03. The summed E-state index contributed by atoms with van der Waals surface area (Å²) >= 11 is 1.40. The van der Waals surface area contributed by atoms with Gasteiger partial charge in [-0.15, -0.1) is 10.2 Å². The van der Waals surface area contributed by atoms with E-state index < -0.39 is 0 Å². The Kier molecular flexibility index (Phi) is 5.06. The van der Waals surface area contributed by atoms with Crippen LogP contribution in [0, 0.1) is 6.92 Å². The number of hydrogen-bond donors (Lipinski definition) is 1. The predicted molar refractivity (Wildman–Crippen MR) is 79.2 cm³/mol. The summed E-state index contributed by atoms with van der Waals surface area (Å²) in [6.07, 6.45) is 1.90. The van der Waals surface area contributed by atoms with E-state index in [1.165, 1.54) is 11.3 Å². The van der Waals surface area contributed by atoms with Gasteiger partial charge in [-0.2, -0.15) is 0 Å². The molecule has 0 atom stereocenters. The van der Waals surface area contributed by atoms with E-state index in [0.29, 0.717) is 10.9 Å². The van der Waals surface area contributed by atoms with E-state index in [4.69, 9.17) is 4.74 Å². The van der Waals surface area contributed by atoms with Gasteiger partial charge in [0.1, 0.15) is 10.8 Å². The quantitative estimate of drug-likeness (QED) is 0.889. The summed E-state index contributed by atoms with van der Waals surface area (Å²) in [6.45, 7) is 3.98. The molecule has 20 heavy (non-hydrogen) atoms. The van der Waals surface area contributed by atoms with Gasteiger partial charge in [0, 0.05) is 6.42 Å². The Morgan fingerprint density at radius 3 is 2.90 bits per heavy atom. The maximum absolute atomic E-state index is 11.8. The SMILES string of the molecule is CCCc1nnc(NC(=O)COc2ccccc2C)s1. The highest BCUT2D eigenvalue weighted by atomic mass is 32.1. The zero-order valence-electron chi connectivity index (χ0n) is 11.5. The molecule has 106 valence electrons. The summed E-state index contributed by atoms with van der Waals surface area (Å²) in [5.41, 5.74) is 1.00. The number of carbonyl (C=O) groups excluding carboxylic acids is 1. The lowest BCUT2D eigenvalue weighted by Gasteiger charge is -2.07. The fourth-order valence-electron chi connectivity index (χ4n) is 1.64. The van der Waals surface area contributed by atoms with Crippen molar-refractivity contribution in [1.82, 2.24) is 10.2 Å². The van der Waals surface area contributed by atoms with Crippen molar-refractivity contribution in [3.8, 4) is 5.75 Å². The van der Waals surface area contributed by atoms with Gasteiger partial charge >= 0.3 is 0 Å². The minimum Gasteiger partial charge on any atom is -0.483 e. The topological polar surface area (TPSA) is 64.1 Å². The van der Waals surface area contributed by atoms with Gasteiger partial charge in [0.25, 0.3) is 5.91 Å². The molecule has 2 aromatic rings. The minimum atomic E-state index is -0.229. The number of aryl methyl sites for hydroxylation is 2. The van der Waals surface area contributed by atoms with Crippen LogP contribution in [0.25, 0.3) is 0 Å². The number of hydrogen-bond acceptors (Lipinski definition) is 5. The number of benzene rings is 1. The number of ether oxygens (including phenoxy) is 1. The first kappa shape index (κ1) is 14.5. The monoisotopic (exact) mass is 291 g/mol. The first-order chi connectivity index (χ1) is 9.69. The molecule has 0 unspecified atom stereocenters. The minimum absolute atomic E-state index is 0.0342. The van der Waals surface area contributed by atoms with Gasteiger partial charge in [-0.1, -0.05) is 36.5 Å². The highest BCUT2D eigenvalue weighted by Gasteiger charge is 2.09. The number of para-hydroxylation sites is 1. The number of aromatic nitrogens is 2. The molecule has 0 bridgehead atoms. The molecule has 0 saturated heterocycles. The second-order valence-electron chi connectivity index (χ2n) is 4.35. The third-order valence-corrected chi connectivity index (χ3v) is 3.53. The van der Waals surface area contributed by atoms with Crippen LogP contribution in [0.2, 0.25) is 0 Å². The van der Waals surface area contributed by atoms with Gasteiger partial charge in [-0.05, 0) is 25.0 Å². The molecule has 0 spiro atoms. The zero-order chi connectivity index (χ0) is 14.4. The van der Waals surface area contributed by atoms with Gasteiger partial charge in [0.2, 0.25) is 5.13 Å². The molecule has 1 N–H and O–H groups in total. The van der Waals surface area contributed by atoms with Crippen molar-refractivity contribution in [2.75, 3.05) is 11.9 Å². The fourth-order valence-corrected chi connectivity index (χ4v) is 2.49.